The highest BCUT2D eigenvalue weighted by Crippen LogP contribution is 2.25. The smallest absolute Gasteiger partial charge is 0.223 e. The molecule has 0 aliphatic carbocycles. The van der Waals surface area contributed by atoms with E-state index in [1.54, 1.807) is 17.1 Å². The maximum Gasteiger partial charge on any atom is 0.223 e. The molecule has 0 aliphatic heterocycles. The van der Waals surface area contributed by atoms with Crippen LogP contribution in [0.3, 0.4) is 0 Å². The normalized spacial score (nSPS) is 11.0. The quantitative estimate of drug-likeness (QED) is 0.918. The number of hydrogen-bond acceptors (Lipinski definition) is 4. The average Bonchev–Trinajstić information content (AvgIpc) is 2.75. The molecule has 0 amide bonds. The van der Waals surface area contributed by atoms with Gasteiger partial charge < -0.3 is 10.1 Å². The first-order valence-electron chi connectivity index (χ1n) is 6.09. The summed E-state index contributed by atoms with van der Waals surface area (Å²) in [4.78, 5) is 4.31. The zero-order valence-corrected chi connectivity index (χ0v) is 12.8. The Bertz CT molecular complexity index is 553. The Morgan fingerprint density at radius 3 is 2.84 bits per heavy atom. The van der Waals surface area contributed by atoms with E-state index in [1.165, 1.54) is 0 Å². The lowest BCUT2D eigenvalue weighted by Crippen LogP contribution is -2.22. The van der Waals surface area contributed by atoms with Crippen LogP contribution in [0.1, 0.15) is 19.4 Å². The molecule has 0 aliphatic rings. The van der Waals surface area contributed by atoms with E-state index < -0.39 is 0 Å². The molecule has 1 N–H and O–H groups in total. The van der Waals surface area contributed by atoms with Crippen molar-refractivity contribution in [3.05, 3.63) is 34.7 Å². The first-order chi connectivity index (χ1) is 9.04. The lowest BCUT2D eigenvalue weighted by molar-refractivity contribution is 0.449. The van der Waals surface area contributed by atoms with Crippen molar-refractivity contribution in [3.63, 3.8) is 0 Å². The third-order valence-corrected chi connectivity index (χ3v) is 2.92. The second kappa shape index (κ2) is 6.16. The van der Waals surface area contributed by atoms with E-state index in [4.69, 9.17) is 4.74 Å². The van der Waals surface area contributed by atoms with Crippen LogP contribution >= 0.6 is 15.9 Å². The zero-order valence-electron chi connectivity index (χ0n) is 11.2. The Morgan fingerprint density at radius 1 is 1.42 bits per heavy atom. The zero-order chi connectivity index (χ0) is 13.8. The fourth-order valence-corrected chi connectivity index (χ4v) is 1.94. The van der Waals surface area contributed by atoms with Gasteiger partial charge in [-0.3, -0.25) is 4.68 Å². The number of nitrogens with zero attached hydrogens (tertiary/aromatic N) is 3. The van der Waals surface area contributed by atoms with Crippen LogP contribution < -0.4 is 10.1 Å². The minimum absolute atomic E-state index is 0.408. The monoisotopic (exact) mass is 324 g/mol. The van der Waals surface area contributed by atoms with E-state index in [9.17, 15) is 0 Å². The molecule has 2 aromatic heterocycles. The second-order valence-corrected chi connectivity index (χ2v) is 5.52. The van der Waals surface area contributed by atoms with Crippen LogP contribution in [0.4, 0.5) is 0 Å². The molecule has 0 spiro atoms. The van der Waals surface area contributed by atoms with Gasteiger partial charge in [0.05, 0.1) is 12.4 Å². The summed E-state index contributed by atoms with van der Waals surface area (Å²) in [5.74, 6) is 1.28. The molecule has 0 aromatic carbocycles. The van der Waals surface area contributed by atoms with E-state index in [0.29, 0.717) is 24.2 Å². The summed E-state index contributed by atoms with van der Waals surface area (Å²) in [6, 6.07) is 2.42. The summed E-state index contributed by atoms with van der Waals surface area (Å²) in [5.41, 5.74) is 1.01. The predicted octanol–water partition coefficient (Wildman–Crippen LogP) is 2.87. The third-order valence-electron chi connectivity index (χ3n) is 2.49. The van der Waals surface area contributed by atoms with Gasteiger partial charge in [-0.15, -0.1) is 0 Å². The van der Waals surface area contributed by atoms with Crippen LogP contribution in [-0.4, -0.2) is 20.8 Å². The summed E-state index contributed by atoms with van der Waals surface area (Å²) in [6.07, 6.45) is 5.21. The average molecular weight is 325 g/mol. The number of hydrogen-bond donors (Lipinski definition) is 1. The first-order valence-corrected chi connectivity index (χ1v) is 6.88. The Morgan fingerprint density at radius 2 is 2.21 bits per heavy atom. The highest BCUT2D eigenvalue weighted by Gasteiger charge is 2.09. The molecular weight excluding hydrogens is 308 g/mol. The van der Waals surface area contributed by atoms with Gasteiger partial charge in [0, 0.05) is 35.9 Å². The first kappa shape index (κ1) is 14.0. The Kier molecular flexibility index (Phi) is 4.55. The van der Waals surface area contributed by atoms with E-state index in [2.05, 4.69) is 45.2 Å². The van der Waals surface area contributed by atoms with Gasteiger partial charge in [0.2, 0.25) is 5.88 Å². The van der Waals surface area contributed by atoms with Crippen LogP contribution in [0.25, 0.3) is 0 Å². The van der Waals surface area contributed by atoms with Crippen molar-refractivity contribution in [1.82, 2.24) is 20.1 Å². The minimum Gasteiger partial charge on any atom is -0.435 e. The number of aryl methyl sites for hydroxylation is 1. The van der Waals surface area contributed by atoms with Gasteiger partial charge in [0.25, 0.3) is 0 Å². The van der Waals surface area contributed by atoms with Crippen LogP contribution in [0, 0.1) is 0 Å². The van der Waals surface area contributed by atoms with E-state index >= 15 is 0 Å². The molecule has 5 nitrogen and oxygen atoms in total. The number of pyridine rings is 1. The predicted molar refractivity (Wildman–Crippen MR) is 77.2 cm³/mol. The van der Waals surface area contributed by atoms with E-state index in [1.807, 2.05) is 19.3 Å². The molecule has 0 fully saturated rings. The van der Waals surface area contributed by atoms with Crippen molar-refractivity contribution >= 4 is 15.9 Å². The topological polar surface area (TPSA) is 52.0 Å². The van der Waals surface area contributed by atoms with Gasteiger partial charge in [-0.2, -0.15) is 5.10 Å². The summed E-state index contributed by atoms with van der Waals surface area (Å²) >= 11 is 3.43. The fraction of sp³-hybridized carbons (Fsp3) is 0.385. The van der Waals surface area contributed by atoms with Crippen molar-refractivity contribution in [1.29, 1.82) is 0 Å². The van der Waals surface area contributed by atoms with Crippen molar-refractivity contribution in [3.8, 4) is 11.6 Å². The molecule has 0 radical (unpaired) electrons. The van der Waals surface area contributed by atoms with Gasteiger partial charge in [-0.05, 0) is 22.0 Å². The van der Waals surface area contributed by atoms with Gasteiger partial charge in [-0.1, -0.05) is 13.8 Å². The summed E-state index contributed by atoms with van der Waals surface area (Å²) < 4.78 is 8.39. The van der Waals surface area contributed by atoms with Crippen LogP contribution in [0.5, 0.6) is 11.6 Å². The molecule has 102 valence electrons. The number of ether oxygens (including phenoxy) is 1. The highest BCUT2D eigenvalue weighted by atomic mass is 79.9. The SMILES string of the molecule is CC(C)NCc1cc(Br)cnc1Oc1cnn(C)c1. The van der Waals surface area contributed by atoms with Gasteiger partial charge in [0.1, 0.15) is 0 Å². The van der Waals surface area contributed by atoms with Crippen molar-refractivity contribution in [2.75, 3.05) is 0 Å². The molecule has 2 aromatic rings. The molecule has 2 rings (SSSR count). The number of rotatable bonds is 5. The second-order valence-electron chi connectivity index (χ2n) is 4.61. The lowest BCUT2D eigenvalue weighted by atomic mass is 10.2. The molecular formula is C13H17BrN4O. The minimum atomic E-state index is 0.408. The van der Waals surface area contributed by atoms with Crippen molar-refractivity contribution in [2.24, 2.45) is 7.05 Å². The Hall–Kier alpha value is -1.40. The molecule has 19 heavy (non-hydrogen) atoms. The molecule has 0 unspecified atom stereocenters. The molecule has 0 saturated heterocycles. The molecule has 0 saturated carbocycles. The number of nitrogens with one attached hydrogen (secondary N) is 1. The summed E-state index contributed by atoms with van der Waals surface area (Å²) in [7, 11) is 1.85. The maximum atomic E-state index is 5.76. The standard InChI is InChI=1S/C13H17BrN4O/c1-9(2)15-5-10-4-11(14)6-16-13(10)19-12-7-17-18(3)8-12/h4,6-9,15H,5H2,1-3H3. The molecule has 0 bridgehead atoms. The largest absolute Gasteiger partial charge is 0.435 e. The van der Waals surface area contributed by atoms with Gasteiger partial charge >= 0.3 is 0 Å². The van der Waals surface area contributed by atoms with E-state index in [-0.39, 0.29) is 0 Å². The van der Waals surface area contributed by atoms with Crippen molar-refractivity contribution in [2.45, 2.75) is 26.4 Å². The molecule has 0 atom stereocenters. The van der Waals surface area contributed by atoms with Crippen LogP contribution in [0.2, 0.25) is 0 Å². The Labute approximate surface area is 121 Å². The van der Waals surface area contributed by atoms with Crippen LogP contribution in [-0.2, 0) is 13.6 Å². The fourth-order valence-electron chi connectivity index (χ4n) is 1.56. The van der Waals surface area contributed by atoms with Gasteiger partial charge in [-0.25, -0.2) is 4.98 Å². The molecule has 2 heterocycles. The summed E-state index contributed by atoms with van der Waals surface area (Å²) in [5, 5.41) is 7.43. The highest BCUT2D eigenvalue weighted by molar-refractivity contribution is 9.10. The number of aromatic nitrogens is 3. The lowest BCUT2D eigenvalue weighted by Gasteiger charge is -2.12. The van der Waals surface area contributed by atoms with Crippen molar-refractivity contribution < 1.29 is 4.74 Å². The van der Waals surface area contributed by atoms with E-state index in [0.717, 1.165) is 10.0 Å². The summed E-state index contributed by atoms with van der Waals surface area (Å²) in [6.45, 7) is 4.92. The maximum absolute atomic E-state index is 5.76. The van der Waals surface area contributed by atoms with Gasteiger partial charge in [0.15, 0.2) is 5.75 Å². The number of halogens is 1. The third kappa shape index (κ3) is 4.04. The molecule has 6 heteroatoms. The Balaban J connectivity index is 2.18. The van der Waals surface area contributed by atoms with Crippen LogP contribution in [0.15, 0.2) is 29.1 Å².